The highest BCUT2D eigenvalue weighted by Crippen LogP contribution is 2.37. The third-order valence-electron chi connectivity index (χ3n) is 5.78. The van der Waals surface area contributed by atoms with Crippen molar-refractivity contribution in [3.05, 3.63) is 54.4 Å². The lowest BCUT2D eigenvalue weighted by atomic mass is 10.0. The van der Waals surface area contributed by atoms with Crippen molar-refractivity contribution in [3.8, 4) is 28.8 Å². The molecule has 4 rings (SSSR count). The number of fused-ring (bicyclic) bond motifs is 1. The van der Waals surface area contributed by atoms with Gasteiger partial charge in [0.2, 0.25) is 15.9 Å². The summed E-state index contributed by atoms with van der Waals surface area (Å²) in [6.45, 7) is 8.83. The predicted molar refractivity (Wildman–Crippen MR) is 158 cm³/mol. The Hall–Kier alpha value is -4.49. The molecule has 2 aromatic heterocycles. The van der Waals surface area contributed by atoms with Gasteiger partial charge in [-0.05, 0) is 58.4 Å². The second kappa shape index (κ2) is 11.8. The van der Waals surface area contributed by atoms with Crippen LogP contribution in [0, 0.1) is 0 Å². The van der Waals surface area contributed by atoms with E-state index in [2.05, 4.69) is 25.0 Å². The maximum Gasteiger partial charge on any atom is 0.335 e. The Kier molecular flexibility index (Phi) is 8.55. The molecule has 4 aromatic rings. The lowest BCUT2D eigenvalue weighted by Gasteiger charge is -2.23. The summed E-state index contributed by atoms with van der Waals surface area (Å²) in [7, 11) is -1.14. The van der Waals surface area contributed by atoms with E-state index in [4.69, 9.17) is 14.2 Å². The number of anilines is 2. The number of hydrogen-bond acceptors (Lipinski definition) is 10. The van der Waals surface area contributed by atoms with Crippen molar-refractivity contribution in [2.24, 2.45) is 0 Å². The first kappa shape index (κ1) is 30.5. The topological polar surface area (TPSA) is 162 Å². The number of benzene rings is 2. The number of carbonyl (C=O) groups is 1. The fraction of sp³-hybridized carbons (Fsp3) is 0.310. The van der Waals surface area contributed by atoms with Gasteiger partial charge in [0, 0.05) is 35.1 Å². The van der Waals surface area contributed by atoms with Crippen LogP contribution in [0.3, 0.4) is 0 Å². The number of methoxy groups -OCH3 is 2. The zero-order chi connectivity index (χ0) is 30.8. The Labute approximate surface area is 244 Å². The summed E-state index contributed by atoms with van der Waals surface area (Å²) in [6.07, 6.45) is 2.61. The highest BCUT2D eigenvalue weighted by molar-refractivity contribution is 7.89. The molecular formula is C29H33N5O7S. The standard InChI is InChI=1S/C29H33N5O7S/c1-16(2)41-20-11-18(27(35)36)10-19(13-20)32-25-21-9-8-17(22-14-31-28(40-7)33-26(22)39-6)12-23(21)30-15-24(25)42(37,38)34-29(3,4)5/h8-16,34H,1-7H3,(H,30,32)(H,35,36). The van der Waals surface area contributed by atoms with E-state index < -0.39 is 21.5 Å². The molecule has 0 radical (unpaired) electrons. The van der Waals surface area contributed by atoms with Gasteiger partial charge in [-0.25, -0.2) is 22.9 Å². The summed E-state index contributed by atoms with van der Waals surface area (Å²) in [5, 5.41) is 13.3. The van der Waals surface area contributed by atoms with Gasteiger partial charge in [0.15, 0.2) is 0 Å². The minimum Gasteiger partial charge on any atom is -0.491 e. The van der Waals surface area contributed by atoms with Gasteiger partial charge in [0.1, 0.15) is 10.6 Å². The lowest BCUT2D eigenvalue weighted by Crippen LogP contribution is -2.40. The predicted octanol–water partition coefficient (Wildman–Crippen LogP) is 5.01. The summed E-state index contributed by atoms with van der Waals surface area (Å²) in [4.78, 5) is 24.6. The van der Waals surface area contributed by atoms with Crippen molar-refractivity contribution < 1.29 is 32.5 Å². The molecule has 2 heterocycles. The summed E-state index contributed by atoms with van der Waals surface area (Å²) in [5.41, 5.74) is 1.42. The quantitative estimate of drug-likeness (QED) is 0.226. The molecule has 222 valence electrons. The van der Waals surface area contributed by atoms with Crippen molar-refractivity contribution in [2.45, 2.75) is 51.2 Å². The smallest absolute Gasteiger partial charge is 0.335 e. The maximum absolute atomic E-state index is 13.6. The Morgan fingerprint density at radius 2 is 1.74 bits per heavy atom. The third kappa shape index (κ3) is 6.86. The van der Waals surface area contributed by atoms with E-state index in [9.17, 15) is 18.3 Å². The van der Waals surface area contributed by atoms with Crippen LogP contribution in [0.2, 0.25) is 0 Å². The van der Waals surface area contributed by atoms with Gasteiger partial charge < -0.3 is 24.6 Å². The van der Waals surface area contributed by atoms with Crippen molar-refractivity contribution in [1.82, 2.24) is 19.7 Å². The number of carboxylic acid groups (broad SMARTS) is 1. The average Bonchev–Trinajstić information content (AvgIpc) is 2.90. The molecule has 42 heavy (non-hydrogen) atoms. The Bertz CT molecular complexity index is 1750. The van der Waals surface area contributed by atoms with Gasteiger partial charge in [0.05, 0.1) is 42.7 Å². The minimum atomic E-state index is -4.07. The van der Waals surface area contributed by atoms with E-state index in [1.165, 1.54) is 32.5 Å². The number of nitrogens with one attached hydrogen (secondary N) is 2. The van der Waals surface area contributed by atoms with Crippen molar-refractivity contribution in [2.75, 3.05) is 19.5 Å². The third-order valence-corrected chi connectivity index (χ3v) is 7.55. The van der Waals surface area contributed by atoms with E-state index in [0.29, 0.717) is 33.5 Å². The molecule has 13 heteroatoms. The molecule has 0 bridgehead atoms. The Morgan fingerprint density at radius 1 is 1.00 bits per heavy atom. The molecule has 0 unspecified atom stereocenters. The fourth-order valence-corrected chi connectivity index (χ4v) is 5.75. The van der Waals surface area contributed by atoms with Gasteiger partial charge in [-0.15, -0.1) is 0 Å². The number of aromatic nitrogens is 3. The highest BCUT2D eigenvalue weighted by Gasteiger charge is 2.27. The van der Waals surface area contributed by atoms with Gasteiger partial charge in [-0.1, -0.05) is 12.1 Å². The lowest BCUT2D eigenvalue weighted by molar-refractivity contribution is 0.0696. The summed E-state index contributed by atoms with van der Waals surface area (Å²) < 4.78 is 46.1. The Morgan fingerprint density at radius 3 is 2.36 bits per heavy atom. The van der Waals surface area contributed by atoms with E-state index in [0.717, 1.165) is 0 Å². The summed E-state index contributed by atoms with van der Waals surface area (Å²) >= 11 is 0. The van der Waals surface area contributed by atoms with Crippen LogP contribution in [-0.2, 0) is 10.0 Å². The van der Waals surface area contributed by atoms with Gasteiger partial charge >= 0.3 is 12.0 Å². The largest absolute Gasteiger partial charge is 0.491 e. The molecule has 0 saturated heterocycles. The molecule has 0 saturated carbocycles. The number of nitrogens with zero attached hydrogens (tertiary/aromatic N) is 3. The number of carboxylic acids is 1. The van der Waals surface area contributed by atoms with E-state index in [-0.39, 0.29) is 34.1 Å². The molecule has 0 aliphatic heterocycles. The molecule has 0 aliphatic carbocycles. The van der Waals surface area contributed by atoms with E-state index in [1.807, 2.05) is 13.8 Å². The van der Waals surface area contributed by atoms with Crippen LogP contribution >= 0.6 is 0 Å². The molecule has 2 aromatic carbocycles. The van der Waals surface area contributed by atoms with Gasteiger partial charge in [-0.3, -0.25) is 4.98 Å². The first-order valence-corrected chi connectivity index (χ1v) is 14.4. The molecular weight excluding hydrogens is 562 g/mol. The molecule has 3 N–H and O–H groups in total. The van der Waals surface area contributed by atoms with Gasteiger partial charge in [0.25, 0.3) is 0 Å². The van der Waals surface area contributed by atoms with Gasteiger partial charge in [-0.2, -0.15) is 4.98 Å². The fourth-order valence-electron chi connectivity index (χ4n) is 4.22. The van der Waals surface area contributed by atoms with Crippen LogP contribution in [0.1, 0.15) is 45.0 Å². The second-order valence-corrected chi connectivity index (χ2v) is 12.4. The molecule has 0 aliphatic rings. The molecule has 0 fully saturated rings. The molecule has 0 amide bonds. The zero-order valence-corrected chi connectivity index (χ0v) is 25.2. The maximum atomic E-state index is 13.6. The van der Waals surface area contributed by atoms with Crippen molar-refractivity contribution in [3.63, 3.8) is 0 Å². The van der Waals surface area contributed by atoms with Crippen LogP contribution in [-0.4, -0.2) is 60.3 Å². The summed E-state index contributed by atoms with van der Waals surface area (Å²) in [5.74, 6) is -0.553. The molecule has 12 nitrogen and oxygen atoms in total. The molecule has 0 spiro atoms. The number of sulfonamides is 1. The van der Waals surface area contributed by atoms with Crippen LogP contribution < -0.4 is 24.2 Å². The minimum absolute atomic E-state index is 0.0277. The average molecular weight is 596 g/mol. The second-order valence-electron chi connectivity index (χ2n) is 10.7. The number of aromatic carboxylic acids is 1. The first-order valence-electron chi connectivity index (χ1n) is 12.9. The monoisotopic (exact) mass is 595 g/mol. The van der Waals surface area contributed by atoms with Crippen molar-refractivity contribution >= 4 is 38.3 Å². The zero-order valence-electron chi connectivity index (χ0n) is 24.3. The number of pyridine rings is 1. The normalized spacial score (nSPS) is 11.9. The van der Waals surface area contributed by atoms with Crippen LogP contribution in [0.4, 0.5) is 11.4 Å². The van der Waals surface area contributed by atoms with Crippen LogP contribution in [0.5, 0.6) is 17.6 Å². The molecule has 0 atom stereocenters. The number of ether oxygens (including phenoxy) is 3. The van der Waals surface area contributed by atoms with Crippen LogP contribution in [0.15, 0.2) is 53.7 Å². The van der Waals surface area contributed by atoms with Crippen molar-refractivity contribution in [1.29, 1.82) is 0 Å². The Balaban J connectivity index is 1.93. The first-order chi connectivity index (χ1) is 19.7. The SMILES string of the molecule is COc1ncc(-c2ccc3c(Nc4cc(OC(C)C)cc(C(=O)O)c4)c(S(=O)(=O)NC(C)(C)C)cnc3c2)c(OC)n1. The number of rotatable bonds is 10. The summed E-state index contributed by atoms with van der Waals surface area (Å²) in [6, 6.07) is 9.80. The van der Waals surface area contributed by atoms with Crippen LogP contribution in [0.25, 0.3) is 22.0 Å². The highest BCUT2D eigenvalue weighted by atomic mass is 32.2. The van der Waals surface area contributed by atoms with E-state index >= 15 is 0 Å². The number of hydrogen-bond donors (Lipinski definition) is 3. The van der Waals surface area contributed by atoms with E-state index in [1.54, 1.807) is 51.2 Å².